The van der Waals surface area contributed by atoms with Crippen LogP contribution in [0, 0.1) is 5.41 Å². The summed E-state index contributed by atoms with van der Waals surface area (Å²) < 4.78 is 5.10. The van der Waals surface area contributed by atoms with Crippen LogP contribution in [0.1, 0.15) is 26.3 Å². The third kappa shape index (κ3) is 2.32. The average molecular weight is 197 g/mol. The highest BCUT2D eigenvalue weighted by atomic mass is 16.5. The van der Waals surface area contributed by atoms with Gasteiger partial charge in [0.05, 0.1) is 11.6 Å². The van der Waals surface area contributed by atoms with E-state index in [0.717, 1.165) is 0 Å². The molecule has 0 aliphatic rings. The molecule has 1 heterocycles. The van der Waals surface area contributed by atoms with Crippen LogP contribution in [0.4, 0.5) is 0 Å². The number of aromatic nitrogens is 2. The number of hydrogen-bond acceptors (Lipinski definition) is 4. The highest BCUT2D eigenvalue weighted by Crippen LogP contribution is 2.19. The van der Waals surface area contributed by atoms with Crippen molar-refractivity contribution in [3.8, 4) is 5.88 Å². The van der Waals surface area contributed by atoms with Crippen molar-refractivity contribution < 1.29 is 9.53 Å². The number of aromatic amines is 1. The van der Waals surface area contributed by atoms with Crippen LogP contribution >= 0.6 is 0 Å². The molecule has 0 bridgehead atoms. The first-order chi connectivity index (χ1) is 6.45. The summed E-state index contributed by atoms with van der Waals surface area (Å²) in [5.74, 6) is 0.0314. The summed E-state index contributed by atoms with van der Waals surface area (Å²) in [6.45, 7) is 5.65. The Hall–Kier alpha value is -1.36. The number of nitrogens with zero attached hydrogens (tertiary/aromatic N) is 1. The molecule has 14 heavy (non-hydrogen) atoms. The summed E-state index contributed by atoms with van der Waals surface area (Å²) >= 11 is 0. The molecular formula is C9H15N3O2. The minimum atomic E-state index is -0.531. The van der Waals surface area contributed by atoms with E-state index in [1.165, 1.54) is 0 Å². The van der Waals surface area contributed by atoms with Gasteiger partial charge in [-0.05, 0) is 20.8 Å². The maximum absolute atomic E-state index is 11.5. The second-order valence-corrected chi connectivity index (χ2v) is 4.07. The van der Waals surface area contributed by atoms with Crippen molar-refractivity contribution in [3.05, 3.63) is 11.8 Å². The normalized spacial score (nSPS) is 11.4. The van der Waals surface area contributed by atoms with Crippen molar-refractivity contribution in [2.75, 3.05) is 0 Å². The van der Waals surface area contributed by atoms with Crippen LogP contribution in [0.15, 0.2) is 6.20 Å². The molecule has 78 valence electrons. The molecule has 3 N–H and O–H groups in total. The van der Waals surface area contributed by atoms with Gasteiger partial charge in [0.25, 0.3) is 0 Å². The van der Waals surface area contributed by atoms with E-state index in [-0.39, 0.29) is 5.97 Å². The zero-order valence-corrected chi connectivity index (χ0v) is 8.63. The second-order valence-electron chi connectivity index (χ2n) is 4.07. The topological polar surface area (TPSA) is 81.0 Å². The number of nitrogens with one attached hydrogen (secondary N) is 1. The molecule has 0 amide bonds. The molecule has 0 unspecified atom stereocenters. The Morgan fingerprint density at radius 3 is 2.79 bits per heavy atom. The number of esters is 1. The molecule has 1 aromatic rings. The molecule has 0 saturated carbocycles. The Bertz CT molecular complexity index is 325. The van der Waals surface area contributed by atoms with Crippen LogP contribution in [0.25, 0.3) is 0 Å². The van der Waals surface area contributed by atoms with Crippen LogP contribution in [-0.4, -0.2) is 16.2 Å². The molecule has 1 rings (SSSR count). The van der Waals surface area contributed by atoms with Crippen LogP contribution < -0.4 is 10.5 Å². The van der Waals surface area contributed by atoms with Gasteiger partial charge in [-0.25, -0.2) is 5.10 Å². The van der Waals surface area contributed by atoms with Gasteiger partial charge in [-0.3, -0.25) is 4.79 Å². The first kappa shape index (κ1) is 10.7. The monoisotopic (exact) mass is 197 g/mol. The number of H-pyrrole nitrogens is 1. The van der Waals surface area contributed by atoms with Crippen molar-refractivity contribution >= 4 is 5.97 Å². The summed E-state index contributed by atoms with van der Waals surface area (Å²) in [5.41, 5.74) is 5.59. The molecule has 0 aromatic carbocycles. The maximum Gasteiger partial charge on any atom is 0.317 e. The smallest absolute Gasteiger partial charge is 0.317 e. The summed E-state index contributed by atoms with van der Waals surface area (Å²) in [7, 11) is 0. The van der Waals surface area contributed by atoms with Gasteiger partial charge in [0, 0.05) is 12.1 Å². The molecule has 1 aromatic heterocycles. The largest absolute Gasteiger partial charge is 0.407 e. The summed E-state index contributed by atoms with van der Waals surface area (Å²) in [6.07, 6.45) is 1.55. The summed E-state index contributed by atoms with van der Waals surface area (Å²) in [5, 5.41) is 6.33. The van der Waals surface area contributed by atoms with E-state index in [2.05, 4.69) is 10.2 Å². The number of carbonyl (C=O) groups is 1. The van der Waals surface area contributed by atoms with Crippen LogP contribution in [0.5, 0.6) is 5.88 Å². The number of ether oxygens (including phenoxy) is 1. The van der Waals surface area contributed by atoms with E-state index >= 15 is 0 Å². The van der Waals surface area contributed by atoms with Crippen molar-refractivity contribution in [2.24, 2.45) is 11.1 Å². The van der Waals surface area contributed by atoms with Crippen molar-refractivity contribution in [3.63, 3.8) is 0 Å². The van der Waals surface area contributed by atoms with Crippen LogP contribution in [-0.2, 0) is 11.3 Å². The molecule has 0 radical (unpaired) electrons. The number of rotatable bonds is 2. The van der Waals surface area contributed by atoms with Crippen molar-refractivity contribution in [1.82, 2.24) is 10.2 Å². The van der Waals surface area contributed by atoms with Crippen molar-refractivity contribution in [1.29, 1.82) is 0 Å². The highest BCUT2D eigenvalue weighted by molar-refractivity contribution is 5.77. The number of nitrogens with two attached hydrogens (primary N) is 1. The lowest BCUT2D eigenvalue weighted by molar-refractivity contribution is -0.143. The minimum absolute atomic E-state index is 0.295. The van der Waals surface area contributed by atoms with Gasteiger partial charge < -0.3 is 10.5 Å². The molecule has 5 heteroatoms. The van der Waals surface area contributed by atoms with Crippen molar-refractivity contribution in [2.45, 2.75) is 27.3 Å². The van der Waals surface area contributed by atoms with E-state index in [0.29, 0.717) is 18.0 Å². The second kappa shape index (κ2) is 3.79. The Balaban J connectivity index is 2.74. The molecule has 0 saturated heterocycles. The standard InChI is InChI=1S/C9H15N3O2/c1-9(2,3)8(13)14-7-6(4-10)5-11-12-7/h5H,4,10H2,1-3H3,(H,11,12). The fourth-order valence-electron chi connectivity index (χ4n) is 0.779. The van der Waals surface area contributed by atoms with E-state index < -0.39 is 5.41 Å². The van der Waals surface area contributed by atoms with Gasteiger partial charge >= 0.3 is 5.97 Å². The third-order valence-corrected chi connectivity index (χ3v) is 1.71. The molecule has 0 spiro atoms. The Kier molecular flexibility index (Phi) is 2.90. The predicted molar refractivity (Wildman–Crippen MR) is 51.6 cm³/mol. The van der Waals surface area contributed by atoms with Crippen LogP contribution in [0.3, 0.4) is 0 Å². The quantitative estimate of drug-likeness (QED) is 0.688. The maximum atomic E-state index is 11.5. The fraction of sp³-hybridized carbons (Fsp3) is 0.556. The zero-order chi connectivity index (χ0) is 10.8. The van der Waals surface area contributed by atoms with E-state index in [1.54, 1.807) is 27.0 Å². The van der Waals surface area contributed by atoms with Gasteiger partial charge in [0.15, 0.2) is 0 Å². The Morgan fingerprint density at radius 2 is 2.29 bits per heavy atom. The molecule has 5 nitrogen and oxygen atoms in total. The lowest BCUT2D eigenvalue weighted by atomic mass is 9.97. The predicted octanol–water partition coefficient (Wildman–Crippen LogP) is 0.820. The first-order valence-electron chi connectivity index (χ1n) is 4.39. The first-order valence-corrected chi connectivity index (χ1v) is 4.39. The number of hydrogen-bond donors (Lipinski definition) is 2. The van der Waals surface area contributed by atoms with E-state index in [9.17, 15) is 4.79 Å². The van der Waals surface area contributed by atoms with Gasteiger partial charge in [0.2, 0.25) is 5.88 Å². The highest BCUT2D eigenvalue weighted by Gasteiger charge is 2.24. The SMILES string of the molecule is CC(C)(C)C(=O)Oc1[nH]ncc1CN. The fourth-order valence-corrected chi connectivity index (χ4v) is 0.779. The molecule has 0 atom stereocenters. The van der Waals surface area contributed by atoms with Gasteiger partial charge in [-0.2, -0.15) is 5.10 Å². The lowest BCUT2D eigenvalue weighted by Gasteiger charge is -2.15. The van der Waals surface area contributed by atoms with Gasteiger partial charge in [-0.1, -0.05) is 0 Å². The summed E-state index contributed by atoms with van der Waals surface area (Å²) in [6, 6.07) is 0. The Labute approximate surface area is 82.6 Å². The number of carbonyl (C=O) groups excluding carboxylic acids is 1. The summed E-state index contributed by atoms with van der Waals surface area (Å²) in [4.78, 5) is 11.5. The van der Waals surface area contributed by atoms with Crippen LogP contribution in [0.2, 0.25) is 0 Å². The average Bonchev–Trinajstić information content (AvgIpc) is 2.50. The van der Waals surface area contributed by atoms with E-state index in [4.69, 9.17) is 10.5 Å². The van der Waals surface area contributed by atoms with E-state index in [1.807, 2.05) is 0 Å². The minimum Gasteiger partial charge on any atom is -0.407 e. The van der Waals surface area contributed by atoms with Gasteiger partial charge in [-0.15, -0.1) is 0 Å². The molecule has 0 fully saturated rings. The molecule has 0 aliphatic heterocycles. The Morgan fingerprint density at radius 1 is 1.64 bits per heavy atom. The molecular weight excluding hydrogens is 182 g/mol. The molecule has 0 aliphatic carbocycles. The lowest BCUT2D eigenvalue weighted by Crippen LogP contribution is -2.26. The zero-order valence-electron chi connectivity index (χ0n) is 8.63. The third-order valence-electron chi connectivity index (χ3n) is 1.71. The van der Waals surface area contributed by atoms with Gasteiger partial charge in [0.1, 0.15) is 0 Å².